The minimum absolute atomic E-state index is 0.0792. The van der Waals surface area contributed by atoms with Gasteiger partial charge >= 0.3 is 6.09 Å². The van der Waals surface area contributed by atoms with Crippen molar-refractivity contribution in [2.24, 2.45) is 5.92 Å². The second-order valence-electron chi connectivity index (χ2n) is 10.9. The second-order valence-corrected chi connectivity index (χ2v) is 10.9. The molecule has 43 heavy (non-hydrogen) atoms. The molecule has 5 N–H and O–H groups in total. The van der Waals surface area contributed by atoms with Gasteiger partial charge in [-0.3, -0.25) is 9.36 Å². The van der Waals surface area contributed by atoms with Gasteiger partial charge in [0.05, 0.1) is 13.4 Å². The van der Waals surface area contributed by atoms with Crippen LogP contribution in [0.15, 0.2) is 30.6 Å². The van der Waals surface area contributed by atoms with Crippen LogP contribution in [0, 0.1) is 17.8 Å². The van der Waals surface area contributed by atoms with Crippen molar-refractivity contribution in [1.29, 1.82) is 0 Å². The number of anilines is 1. The molecule has 6 rings (SSSR count). The smallest absolute Gasteiger partial charge is 0.415 e. The Bertz CT molecular complexity index is 1570. The van der Waals surface area contributed by atoms with Gasteiger partial charge in [0.25, 0.3) is 5.91 Å². The van der Waals surface area contributed by atoms with Gasteiger partial charge in [-0.2, -0.15) is 0 Å². The molecule has 14 nitrogen and oxygen atoms in total. The minimum atomic E-state index is -1.42. The second kappa shape index (κ2) is 12.0. The maximum absolute atomic E-state index is 12.6. The predicted molar refractivity (Wildman–Crippen MR) is 152 cm³/mol. The molecule has 1 saturated carbocycles. The van der Waals surface area contributed by atoms with Crippen LogP contribution >= 0.6 is 0 Å². The number of methoxy groups -OCH3 is 1. The lowest BCUT2D eigenvalue weighted by Gasteiger charge is -2.30. The average molecular weight is 592 g/mol. The number of para-hydroxylation sites is 2. The van der Waals surface area contributed by atoms with E-state index in [1.165, 1.54) is 18.0 Å². The Balaban J connectivity index is 1.08. The number of aliphatic hydroxyl groups is 2. The van der Waals surface area contributed by atoms with E-state index in [2.05, 4.69) is 32.1 Å². The number of hydrogen-bond donors (Lipinski definition) is 4. The summed E-state index contributed by atoms with van der Waals surface area (Å²) in [6.07, 6.45) is -0.330. The van der Waals surface area contributed by atoms with E-state index < -0.39 is 36.5 Å². The first kappa shape index (κ1) is 28.7. The van der Waals surface area contributed by atoms with Gasteiger partial charge in [0, 0.05) is 25.6 Å². The molecule has 3 fully saturated rings. The number of nitrogens with one attached hydrogen (secondary N) is 1. The molecule has 1 aliphatic carbocycles. The van der Waals surface area contributed by atoms with E-state index >= 15 is 0 Å². The number of carbonyl (C=O) groups excluding carboxylic acids is 2. The monoisotopic (exact) mass is 591 g/mol. The Hall–Kier alpha value is -4.45. The van der Waals surface area contributed by atoms with Gasteiger partial charge in [-0.15, -0.1) is 0 Å². The molecule has 226 valence electrons. The first-order valence-electron chi connectivity index (χ1n) is 14.2. The lowest BCUT2D eigenvalue weighted by atomic mass is 9.94. The number of ether oxygens (including phenoxy) is 3. The molecule has 2 amide bonds. The van der Waals surface area contributed by atoms with Gasteiger partial charge in [-0.1, -0.05) is 18.1 Å². The summed E-state index contributed by atoms with van der Waals surface area (Å²) >= 11 is 0. The lowest BCUT2D eigenvalue weighted by Crippen LogP contribution is -2.43. The Labute approximate surface area is 247 Å². The highest BCUT2D eigenvalue weighted by molar-refractivity contribution is 5.83. The minimum Gasteiger partial charge on any atom is -0.493 e. The van der Waals surface area contributed by atoms with Crippen molar-refractivity contribution in [3.8, 4) is 23.3 Å². The molecule has 2 aliphatic heterocycles. The maximum Gasteiger partial charge on any atom is 0.415 e. The number of aliphatic hydroxyl groups excluding tert-OH is 2. The number of imidazole rings is 1. The van der Waals surface area contributed by atoms with E-state index in [9.17, 15) is 19.8 Å². The number of aromatic nitrogens is 4. The quantitative estimate of drug-likeness (QED) is 0.299. The zero-order valence-electron chi connectivity index (χ0n) is 23.5. The Morgan fingerprint density at radius 2 is 1.86 bits per heavy atom. The Kier molecular flexibility index (Phi) is 8.02. The summed E-state index contributed by atoms with van der Waals surface area (Å²) in [4.78, 5) is 39.8. The van der Waals surface area contributed by atoms with Crippen LogP contribution in [0.4, 0.5) is 10.6 Å². The Morgan fingerprint density at radius 3 is 2.58 bits per heavy atom. The van der Waals surface area contributed by atoms with Gasteiger partial charge in [-0.25, -0.2) is 19.7 Å². The molecule has 1 aromatic carbocycles. The molecular weight excluding hydrogens is 558 g/mol. The summed E-state index contributed by atoms with van der Waals surface area (Å²) in [6.45, 7) is 1.09. The van der Waals surface area contributed by atoms with Crippen molar-refractivity contribution in [2.75, 3.05) is 25.9 Å². The van der Waals surface area contributed by atoms with Crippen molar-refractivity contribution in [1.82, 2.24) is 29.7 Å². The van der Waals surface area contributed by atoms with Crippen LogP contribution in [-0.4, -0.2) is 91.2 Å². The maximum atomic E-state index is 12.6. The van der Waals surface area contributed by atoms with Crippen LogP contribution in [0.1, 0.15) is 44.2 Å². The van der Waals surface area contributed by atoms with E-state index in [0.29, 0.717) is 31.0 Å². The third-order valence-electron chi connectivity index (χ3n) is 7.87. The molecule has 3 aromatic rings. The highest BCUT2D eigenvalue weighted by Crippen LogP contribution is 2.33. The number of carbonyl (C=O) groups is 2. The zero-order valence-corrected chi connectivity index (χ0v) is 23.5. The van der Waals surface area contributed by atoms with E-state index in [-0.39, 0.29) is 34.8 Å². The number of likely N-dealkylation sites (tertiary alicyclic amines) is 1. The van der Waals surface area contributed by atoms with Crippen molar-refractivity contribution in [2.45, 2.75) is 62.7 Å². The van der Waals surface area contributed by atoms with Crippen LogP contribution in [0.3, 0.4) is 0 Å². The summed E-state index contributed by atoms with van der Waals surface area (Å²) < 4.78 is 18.0. The molecule has 4 atom stereocenters. The number of benzene rings is 1. The van der Waals surface area contributed by atoms with E-state index in [1.807, 2.05) is 0 Å². The molecule has 2 unspecified atom stereocenters. The normalized spacial score (nSPS) is 23.9. The first-order valence-corrected chi connectivity index (χ1v) is 14.2. The van der Waals surface area contributed by atoms with E-state index in [0.717, 1.165) is 25.7 Å². The van der Waals surface area contributed by atoms with Crippen molar-refractivity contribution in [3.05, 3.63) is 36.4 Å². The summed E-state index contributed by atoms with van der Waals surface area (Å²) in [5.74, 6) is 7.03. The summed E-state index contributed by atoms with van der Waals surface area (Å²) in [5, 5.41) is 24.0. The number of amides is 2. The molecule has 0 spiro atoms. The van der Waals surface area contributed by atoms with Crippen LogP contribution in [0.25, 0.3) is 11.2 Å². The standard InChI is InChI=1S/C29H33N7O7/c1-41-18-6-2-3-7-19(18)42-29(40)35-13-11-16(12-14-35)5-4-8-20-33-25(30)21-26(34-20)36(15-31-21)28-23(38)22(37)24(43-28)27(39)32-17-9-10-17/h2-3,6-7,15-17,22-24,28,37-38H,5,9-14H2,1H3,(H,32,39)(H2,30,33,34)/t22?,23?,24-,28+/m0/s1. The summed E-state index contributed by atoms with van der Waals surface area (Å²) in [7, 11) is 1.53. The molecule has 2 aromatic heterocycles. The SMILES string of the molecule is COc1ccccc1OC(=O)N1CCC(CC#Cc2nc(N)c3ncn([C@@H]4O[C@H](C(=O)NC5CC5)C(O)C4O)c3n2)CC1. The molecule has 0 radical (unpaired) electrons. The number of fused-ring (bicyclic) bond motifs is 1. The number of nitrogens with two attached hydrogens (primary N) is 1. The fourth-order valence-electron chi connectivity index (χ4n) is 5.25. The predicted octanol–water partition coefficient (Wildman–Crippen LogP) is 0.968. The number of nitrogens with zero attached hydrogens (tertiary/aromatic N) is 5. The zero-order chi connectivity index (χ0) is 30.1. The largest absolute Gasteiger partial charge is 0.493 e. The van der Waals surface area contributed by atoms with Gasteiger partial charge in [-0.05, 0) is 49.7 Å². The van der Waals surface area contributed by atoms with Gasteiger partial charge in [0.2, 0.25) is 5.82 Å². The number of nitrogen functional groups attached to an aromatic ring is 1. The molecule has 4 heterocycles. The lowest BCUT2D eigenvalue weighted by molar-refractivity contribution is -0.137. The molecule has 2 saturated heterocycles. The molecule has 0 bridgehead atoms. The number of rotatable bonds is 6. The van der Waals surface area contributed by atoms with Gasteiger partial charge in [0.1, 0.15) is 17.7 Å². The van der Waals surface area contributed by atoms with Crippen molar-refractivity contribution in [3.63, 3.8) is 0 Å². The first-order chi connectivity index (χ1) is 20.8. The van der Waals surface area contributed by atoms with Crippen LogP contribution in [-0.2, 0) is 9.53 Å². The van der Waals surface area contributed by atoms with Crippen LogP contribution < -0.4 is 20.5 Å². The van der Waals surface area contributed by atoms with Crippen molar-refractivity contribution < 1.29 is 34.0 Å². The fraction of sp³-hybridized carbons (Fsp3) is 0.483. The van der Waals surface area contributed by atoms with Crippen molar-refractivity contribution >= 4 is 29.0 Å². The third-order valence-corrected chi connectivity index (χ3v) is 7.87. The number of hydrogen-bond acceptors (Lipinski definition) is 11. The van der Waals surface area contributed by atoms with Gasteiger partial charge < -0.3 is 40.4 Å². The number of piperidine rings is 1. The highest BCUT2D eigenvalue weighted by atomic mass is 16.6. The summed E-state index contributed by atoms with van der Waals surface area (Å²) in [6, 6.07) is 7.09. The molecular formula is C29H33N7O7. The van der Waals surface area contributed by atoms with Crippen LogP contribution in [0.2, 0.25) is 0 Å². The average Bonchev–Trinajstić information content (AvgIpc) is 3.64. The summed E-state index contributed by atoms with van der Waals surface area (Å²) in [5.41, 5.74) is 6.68. The molecule has 14 heteroatoms. The highest BCUT2D eigenvalue weighted by Gasteiger charge is 2.48. The Morgan fingerprint density at radius 1 is 1.12 bits per heavy atom. The topological polar surface area (TPSA) is 187 Å². The van der Waals surface area contributed by atoms with E-state index in [1.54, 1.807) is 29.2 Å². The fourth-order valence-corrected chi connectivity index (χ4v) is 5.25. The van der Waals surface area contributed by atoms with Gasteiger partial charge in [0.15, 0.2) is 35.3 Å². The molecule has 3 aliphatic rings. The third kappa shape index (κ3) is 6.05. The van der Waals surface area contributed by atoms with Crippen LogP contribution in [0.5, 0.6) is 11.5 Å². The van der Waals surface area contributed by atoms with E-state index in [4.69, 9.17) is 19.9 Å².